The molecule has 2 nitrogen and oxygen atoms in total. The number of hydrogen-bond donors (Lipinski definition) is 1. The van der Waals surface area contributed by atoms with Gasteiger partial charge in [0.1, 0.15) is 11.6 Å². The van der Waals surface area contributed by atoms with Crippen LogP contribution in [-0.4, -0.2) is 0 Å². The molecule has 0 atom stereocenters. The summed E-state index contributed by atoms with van der Waals surface area (Å²) in [5.41, 5.74) is 6.90. The lowest BCUT2D eigenvalue weighted by atomic mass is 10.0. The highest BCUT2D eigenvalue weighted by molar-refractivity contribution is 6.37. The lowest BCUT2D eigenvalue weighted by molar-refractivity contribution is 0.475. The molecule has 0 aliphatic heterocycles. The predicted molar refractivity (Wildman–Crippen MR) is 81.4 cm³/mol. The van der Waals surface area contributed by atoms with Crippen LogP contribution >= 0.6 is 23.2 Å². The fourth-order valence-corrected chi connectivity index (χ4v) is 2.35. The van der Waals surface area contributed by atoms with Gasteiger partial charge in [-0.05, 0) is 35.7 Å². The Bertz CT molecular complexity index is 621. The van der Waals surface area contributed by atoms with Gasteiger partial charge in [0.2, 0.25) is 0 Å². The van der Waals surface area contributed by atoms with E-state index in [1.54, 1.807) is 6.07 Å². The van der Waals surface area contributed by atoms with Crippen LogP contribution in [0.25, 0.3) is 0 Å². The van der Waals surface area contributed by atoms with Crippen LogP contribution in [0.5, 0.6) is 11.5 Å². The first-order chi connectivity index (χ1) is 9.36. The van der Waals surface area contributed by atoms with E-state index in [2.05, 4.69) is 0 Å². The van der Waals surface area contributed by atoms with Crippen LogP contribution < -0.4 is 10.5 Å². The molecule has 0 saturated carbocycles. The largest absolute Gasteiger partial charge is 0.454 e. The second-order valence-electron chi connectivity index (χ2n) is 4.79. The third kappa shape index (κ3) is 3.35. The predicted octanol–water partition coefficient (Wildman–Crippen LogP) is 5.63. The highest BCUT2D eigenvalue weighted by Gasteiger charge is 2.12. The number of ether oxygens (including phenoxy) is 1. The lowest BCUT2D eigenvalue weighted by Crippen LogP contribution is -1.94. The van der Waals surface area contributed by atoms with Crippen molar-refractivity contribution in [2.24, 2.45) is 0 Å². The van der Waals surface area contributed by atoms with Crippen molar-refractivity contribution >= 4 is 28.9 Å². The summed E-state index contributed by atoms with van der Waals surface area (Å²) >= 11 is 12.1. The molecule has 20 heavy (non-hydrogen) atoms. The number of rotatable bonds is 3. The summed E-state index contributed by atoms with van der Waals surface area (Å²) in [6, 6.07) is 7.59. The summed E-state index contributed by atoms with van der Waals surface area (Å²) in [5, 5.41) is 0.565. The van der Waals surface area contributed by atoms with Gasteiger partial charge in [-0.15, -0.1) is 0 Å². The number of nitrogen functional groups attached to an aromatic ring is 1. The van der Waals surface area contributed by atoms with Crippen LogP contribution in [0.1, 0.15) is 25.3 Å². The smallest absolute Gasteiger partial charge is 0.164 e. The second kappa shape index (κ2) is 5.90. The minimum absolute atomic E-state index is 0.186. The third-order valence-corrected chi connectivity index (χ3v) is 3.36. The monoisotopic (exact) mass is 313 g/mol. The van der Waals surface area contributed by atoms with E-state index in [0.29, 0.717) is 11.4 Å². The van der Waals surface area contributed by atoms with Crippen LogP contribution in [0, 0.1) is 5.82 Å². The van der Waals surface area contributed by atoms with Crippen LogP contribution in [0.3, 0.4) is 0 Å². The summed E-state index contributed by atoms with van der Waals surface area (Å²) in [6.45, 7) is 3.95. The molecule has 0 amide bonds. The van der Waals surface area contributed by atoms with E-state index in [4.69, 9.17) is 33.7 Å². The fourth-order valence-electron chi connectivity index (χ4n) is 1.77. The van der Waals surface area contributed by atoms with Gasteiger partial charge in [-0.3, -0.25) is 0 Å². The first-order valence-electron chi connectivity index (χ1n) is 6.09. The minimum Gasteiger partial charge on any atom is -0.454 e. The molecular weight excluding hydrogens is 300 g/mol. The van der Waals surface area contributed by atoms with E-state index < -0.39 is 0 Å². The number of halogens is 3. The van der Waals surface area contributed by atoms with Crippen molar-refractivity contribution in [2.45, 2.75) is 19.8 Å². The molecule has 2 aromatic rings. The Kier molecular flexibility index (Phi) is 4.41. The first kappa shape index (κ1) is 14.9. The topological polar surface area (TPSA) is 35.2 Å². The SMILES string of the molecule is CC(C)c1cc(F)cc(Oc2c(Cl)cc(N)cc2Cl)c1. The van der Waals surface area contributed by atoms with Gasteiger partial charge in [-0.25, -0.2) is 4.39 Å². The highest BCUT2D eigenvalue weighted by atomic mass is 35.5. The average Bonchev–Trinajstić information content (AvgIpc) is 2.33. The summed E-state index contributed by atoms with van der Waals surface area (Å²) in [7, 11) is 0. The lowest BCUT2D eigenvalue weighted by Gasteiger charge is -2.13. The molecule has 2 aromatic carbocycles. The maximum absolute atomic E-state index is 13.6. The summed E-state index contributed by atoms with van der Waals surface area (Å²) in [4.78, 5) is 0. The molecule has 0 radical (unpaired) electrons. The number of anilines is 1. The summed E-state index contributed by atoms with van der Waals surface area (Å²) in [5.74, 6) is 0.435. The van der Waals surface area contributed by atoms with Crippen LogP contribution in [-0.2, 0) is 0 Å². The van der Waals surface area contributed by atoms with Crippen molar-refractivity contribution in [3.05, 3.63) is 51.8 Å². The van der Waals surface area contributed by atoms with E-state index in [9.17, 15) is 4.39 Å². The second-order valence-corrected chi connectivity index (χ2v) is 5.61. The molecule has 0 bridgehead atoms. The van der Waals surface area contributed by atoms with E-state index in [-0.39, 0.29) is 27.5 Å². The number of nitrogens with two attached hydrogens (primary N) is 1. The normalized spacial score (nSPS) is 10.9. The zero-order chi connectivity index (χ0) is 14.9. The first-order valence-corrected chi connectivity index (χ1v) is 6.85. The van der Waals surface area contributed by atoms with Gasteiger partial charge >= 0.3 is 0 Å². The van der Waals surface area contributed by atoms with Gasteiger partial charge in [-0.1, -0.05) is 37.0 Å². The fraction of sp³-hybridized carbons (Fsp3) is 0.200. The molecule has 0 aliphatic rings. The summed E-state index contributed by atoms with van der Waals surface area (Å²) in [6.07, 6.45) is 0. The Balaban J connectivity index is 2.40. The molecular formula is C15H14Cl2FNO. The van der Waals surface area contributed by atoms with Crippen molar-refractivity contribution < 1.29 is 9.13 Å². The molecule has 0 unspecified atom stereocenters. The Morgan fingerprint density at radius 1 is 1.05 bits per heavy atom. The van der Waals surface area contributed by atoms with Gasteiger partial charge in [0.05, 0.1) is 10.0 Å². The summed E-state index contributed by atoms with van der Waals surface area (Å²) < 4.78 is 19.2. The highest BCUT2D eigenvalue weighted by Crippen LogP contribution is 2.38. The van der Waals surface area contributed by atoms with Crippen LogP contribution in [0.15, 0.2) is 30.3 Å². The van der Waals surface area contributed by atoms with Gasteiger partial charge in [0, 0.05) is 11.8 Å². The zero-order valence-corrected chi connectivity index (χ0v) is 12.6. The van der Waals surface area contributed by atoms with Crippen molar-refractivity contribution in [1.82, 2.24) is 0 Å². The quantitative estimate of drug-likeness (QED) is 0.745. The number of hydrogen-bond acceptors (Lipinski definition) is 2. The molecule has 5 heteroatoms. The molecule has 2 rings (SSSR count). The van der Waals surface area contributed by atoms with E-state index in [0.717, 1.165) is 5.56 Å². The van der Waals surface area contributed by atoms with Crippen LogP contribution in [0.2, 0.25) is 10.0 Å². The van der Waals surface area contributed by atoms with E-state index >= 15 is 0 Å². The van der Waals surface area contributed by atoms with Crippen molar-refractivity contribution in [3.8, 4) is 11.5 Å². The van der Waals surface area contributed by atoms with E-state index in [1.807, 2.05) is 13.8 Å². The van der Waals surface area contributed by atoms with Crippen molar-refractivity contribution in [1.29, 1.82) is 0 Å². The van der Waals surface area contributed by atoms with Gasteiger partial charge in [0.25, 0.3) is 0 Å². The standard InChI is InChI=1S/C15H14Cl2FNO/c1-8(2)9-3-10(18)5-12(4-9)20-15-13(16)6-11(19)7-14(15)17/h3-8H,19H2,1-2H3. The van der Waals surface area contributed by atoms with Gasteiger partial charge in [-0.2, -0.15) is 0 Å². The Morgan fingerprint density at radius 3 is 2.20 bits per heavy atom. The molecule has 0 fully saturated rings. The third-order valence-electron chi connectivity index (χ3n) is 2.80. The zero-order valence-electron chi connectivity index (χ0n) is 11.1. The van der Waals surface area contributed by atoms with Gasteiger partial charge < -0.3 is 10.5 Å². The molecule has 0 spiro atoms. The number of benzene rings is 2. The molecule has 106 valence electrons. The maximum atomic E-state index is 13.6. The Hall–Kier alpha value is -1.45. The maximum Gasteiger partial charge on any atom is 0.164 e. The molecule has 0 aromatic heterocycles. The van der Waals surface area contributed by atoms with Crippen molar-refractivity contribution in [2.75, 3.05) is 5.73 Å². The van der Waals surface area contributed by atoms with Crippen molar-refractivity contribution in [3.63, 3.8) is 0 Å². The molecule has 0 aliphatic carbocycles. The van der Waals surface area contributed by atoms with Gasteiger partial charge in [0.15, 0.2) is 5.75 Å². The average molecular weight is 314 g/mol. The minimum atomic E-state index is -0.367. The van der Waals surface area contributed by atoms with Crippen LogP contribution in [0.4, 0.5) is 10.1 Å². The molecule has 2 N–H and O–H groups in total. The molecule has 0 saturated heterocycles. The van der Waals surface area contributed by atoms with E-state index in [1.165, 1.54) is 24.3 Å². The molecule has 0 heterocycles. The Labute approximate surface area is 127 Å². The Morgan fingerprint density at radius 2 is 1.65 bits per heavy atom.